The number of aromatic amines is 1. The normalized spacial score (nSPS) is 11.7. The van der Waals surface area contributed by atoms with Crippen LogP contribution in [0.3, 0.4) is 0 Å². The van der Waals surface area contributed by atoms with Crippen molar-refractivity contribution in [1.29, 1.82) is 0 Å². The Hall–Kier alpha value is -2.01. The number of nitrogens with one attached hydrogen (secondary N) is 2. The summed E-state index contributed by atoms with van der Waals surface area (Å²) in [5.41, 5.74) is 2.13. The topological polar surface area (TPSA) is 55.8 Å². The lowest BCUT2D eigenvalue weighted by Crippen LogP contribution is -3.18. The van der Waals surface area contributed by atoms with Gasteiger partial charge in [0.25, 0.3) is 0 Å². The summed E-state index contributed by atoms with van der Waals surface area (Å²) >= 11 is 0. The first-order chi connectivity index (χ1) is 10.9. The number of carbonyl (C=O) groups excluding carboxylic acids is 1. The number of benzene rings is 1. The maximum atomic E-state index is 11.4. The summed E-state index contributed by atoms with van der Waals surface area (Å²) in [6, 6.07) is 6.79. The van der Waals surface area contributed by atoms with E-state index in [2.05, 4.69) is 37.4 Å². The average molecular weight is 319 g/mol. The van der Waals surface area contributed by atoms with Gasteiger partial charge in [0.1, 0.15) is 5.75 Å². The monoisotopic (exact) mass is 319 g/mol. The molecule has 2 rings (SSSR count). The fourth-order valence-corrected chi connectivity index (χ4v) is 3.16. The molecule has 5 heteroatoms. The molecule has 0 aliphatic carbocycles. The second-order valence-corrected chi connectivity index (χ2v) is 6.43. The molecule has 1 heterocycles. The molecule has 0 spiro atoms. The molecule has 0 atom stereocenters. The average Bonchev–Trinajstić information content (AvgIpc) is 2.91. The molecule has 1 aromatic carbocycles. The number of methoxy groups -OCH3 is 1. The smallest absolute Gasteiger partial charge is 0.437 e. The highest BCUT2D eigenvalue weighted by molar-refractivity contribution is 5.90. The third-order valence-electron chi connectivity index (χ3n) is 4.28. The number of aromatic nitrogens is 1. The van der Waals surface area contributed by atoms with E-state index in [1.54, 1.807) is 11.0 Å². The lowest BCUT2D eigenvalue weighted by atomic mass is 10.1. The Kier molecular flexibility index (Phi) is 5.66. The number of carbonyl (C=O) groups is 1. The van der Waals surface area contributed by atoms with E-state index in [9.17, 15) is 4.79 Å². The van der Waals surface area contributed by atoms with E-state index < -0.39 is 6.16 Å². The van der Waals surface area contributed by atoms with Crippen molar-refractivity contribution in [2.75, 3.05) is 13.7 Å². The highest BCUT2D eigenvalue weighted by Crippen LogP contribution is 2.29. The third kappa shape index (κ3) is 4.05. The molecular weight excluding hydrogens is 292 g/mol. The van der Waals surface area contributed by atoms with Crippen LogP contribution in [0.1, 0.15) is 33.3 Å². The summed E-state index contributed by atoms with van der Waals surface area (Å²) in [4.78, 5) is 16.3. The molecular formula is C18H27N2O3+. The summed E-state index contributed by atoms with van der Waals surface area (Å²) < 4.78 is 9.89. The Morgan fingerprint density at radius 3 is 2.52 bits per heavy atom. The Balaban J connectivity index is 2.25. The first-order valence-electron chi connectivity index (χ1n) is 8.14. The highest BCUT2D eigenvalue weighted by Gasteiger charge is 2.19. The lowest BCUT2D eigenvalue weighted by Gasteiger charge is -2.27. The van der Waals surface area contributed by atoms with Crippen molar-refractivity contribution in [2.24, 2.45) is 0 Å². The SMILES string of the molecule is COC(=O)Oc1cccc2[nH]cc(CC[NH+](C(C)C)C(C)C)c12. The summed E-state index contributed by atoms with van der Waals surface area (Å²) in [6.07, 6.45) is 2.24. The van der Waals surface area contributed by atoms with Gasteiger partial charge in [0.2, 0.25) is 0 Å². The molecule has 0 saturated carbocycles. The summed E-state index contributed by atoms with van der Waals surface area (Å²) in [7, 11) is 1.31. The van der Waals surface area contributed by atoms with Gasteiger partial charge in [-0.25, -0.2) is 4.79 Å². The zero-order valence-corrected chi connectivity index (χ0v) is 14.6. The Morgan fingerprint density at radius 1 is 1.22 bits per heavy atom. The van der Waals surface area contributed by atoms with Gasteiger partial charge in [-0.3, -0.25) is 0 Å². The number of fused-ring (bicyclic) bond motifs is 1. The fraction of sp³-hybridized carbons (Fsp3) is 0.500. The minimum atomic E-state index is -0.693. The van der Waals surface area contributed by atoms with Crippen molar-refractivity contribution in [3.05, 3.63) is 30.0 Å². The van der Waals surface area contributed by atoms with Crippen LogP contribution < -0.4 is 9.64 Å². The van der Waals surface area contributed by atoms with Gasteiger partial charge in [0, 0.05) is 23.5 Å². The van der Waals surface area contributed by atoms with Gasteiger partial charge in [-0.05, 0) is 45.4 Å². The Morgan fingerprint density at radius 2 is 1.91 bits per heavy atom. The van der Waals surface area contributed by atoms with E-state index in [1.165, 1.54) is 12.7 Å². The molecule has 126 valence electrons. The van der Waals surface area contributed by atoms with Crippen LogP contribution in [0.15, 0.2) is 24.4 Å². The molecule has 0 fully saturated rings. The van der Waals surface area contributed by atoms with Crippen molar-refractivity contribution in [3.8, 4) is 5.75 Å². The van der Waals surface area contributed by atoms with Crippen LogP contribution >= 0.6 is 0 Å². The van der Waals surface area contributed by atoms with E-state index in [-0.39, 0.29) is 0 Å². The maximum absolute atomic E-state index is 11.4. The zero-order chi connectivity index (χ0) is 17.0. The summed E-state index contributed by atoms with van der Waals surface area (Å²) in [5, 5.41) is 0.963. The third-order valence-corrected chi connectivity index (χ3v) is 4.28. The van der Waals surface area contributed by atoms with E-state index in [0.29, 0.717) is 17.8 Å². The second-order valence-electron chi connectivity index (χ2n) is 6.43. The van der Waals surface area contributed by atoms with E-state index in [4.69, 9.17) is 4.74 Å². The summed E-state index contributed by atoms with van der Waals surface area (Å²) in [5.74, 6) is 0.543. The number of hydrogen-bond donors (Lipinski definition) is 2. The van der Waals surface area contributed by atoms with E-state index in [1.807, 2.05) is 18.3 Å². The van der Waals surface area contributed by atoms with Crippen molar-refractivity contribution in [2.45, 2.75) is 46.2 Å². The van der Waals surface area contributed by atoms with Gasteiger partial charge in [0.15, 0.2) is 0 Å². The number of H-pyrrole nitrogens is 1. The molecule has 0 aliphatic heterocycles. The van der Waals surface area contributed by atoms with Crippen LogP contribution in [-0.4, -0.2) is 36.9 Å². The number of ether oxygens (including phenoxy) is 2. The Bertz CT molecular complexity index is 653. The maximum Gasteiger partial charge on any atom is 0.513 e. The standard InChI is InChI=1S/C18H26N2O3/c1-12(2)20(13(3)4)10-9-14-11-19-15-7-6-8-16(17(14)15)23-18(21)22-5/h6-8,11-13,19H,9-10H2,1-5H3/p+1. The zero-order valence-electron chi connectivity index (χ0n) is 14.6. The fourth-order valence-electron chi connectivity index (χ4n) is 3.16. The number of hydrogen-bond acceptors (Lipinski definition) is 3. The van der Waals surface area contributed by atoms with Crippen LogP contribution in [0.5, 0.6) is 5.75 Å². The lowest BCUT2D eigenvalue weighted by molar-refractivity contribution is -0.942. The van der Waals surface area contributed by atoms with Gasteiger partial charge in [-0.1, -0.05) is 6.07 Å². The van der Waals surface area contributed by atoms with Gasteiger partial charge < -0.3 is 19.4 Å². The largest absolute Gasteiger partial charge is 0.513 e. The molecule has 1 aromatic heterocycles. The molecule has 0 bridgehead atoms. The molecule has 23 heavy (non-hydrogen) atoms. The van der Waals surface area contributed by atoms with Crippen molar-refractivity contribution >= 4 is 17.1 Å². The Labute approximate surface area is 137 Å². The molecule has 2 aromatic rings. The van der Waals surface area contributed by atoms with Crippen LogP contribution in [0, 0.1) is 0 Å². The molecule has 0 radical (unpaired) electrons. The molecule has 0 aliphatic rings. The van der Waals surface area contributed by atoms with Gasteiger partial charge in [0.05, 0.1) is 25.7 Å². The van der Waals surface area contributed by atoms with Gasteiger partial charge >= 0.3 is 6.16 Å². The minimum Gasteiger partial charge on any atom is -0.437 e. The second kappa shape index (κ2) is 7.51. The highest BCUT2D eigenvalue weighted by atomic mass is 16.7. The number of rotatable bonds is 6. The van der Waals surface area contributed by atoms with Crippen molar-refractivity contribution in [1.82, 2.24) is 4.98 Å². The van der Waals surface area contributed by atoms with Crippen molar-refractivity contribution < 1.29 is 19.2 Å². The predicted molar refractivity (Wildman–Crippen MR) is 91.1 cm³/mol. The van der Waals surface area contributed by atoms with Crippen LogP contribution in [0.4, 0.5) is 4.79 Å². The molecule has 0 amide bonds. The minimum absolute atomic E-state index is 0.543. The molecule has 2 N–H and O–H groups in total. The van der Waals surface area contributed by atoms with Crippen molar-refractivity contribution in [3.63, 3.8) is 0 Å². The van der Waals surface area contributed by atoms with Crippen LogP contribution in [0.25, 0.3) is 10.9 Å². The first kappa shape index (κ1) is 17.3. The predicted octanol–water partition coefficient (Wildman–Crippen LogP) is 2.56. The molecule has 5 nitrogen and oxygen atoms in total. The first-order valence-corrected chi connectivity index (χ1v) is 8.14. The van der Waals surface area contributed by atoms with Crippen LogP contribution in [-0.2, 0) is 11.2 Å². The quantitative estimate of drug-likeness (QED) is 0.635. The molecule has 0 saturated heterocycles. The van der Waals surface area contributed by atoms with E-state index >= 15 is 0 Å². The summed E-state index contributed by atoms with van der Waals surface area (Å²) in [6.45, 7) is 10.0. The molecule has 0 unspecified atom stereocenters. The number of quaternary nitrogens is 1. The van der Waals surface area contributed by atoms with Gasteiger partial charge in [-0.2, -0.15) is 0 Å². The van der Waals surface area contributed by atoms with Crippen LogP contribution in [0.2, 0.25) is 0 Å². The van der Waals surface area contributed by atoms with E-state index in [0.717, 1.165) is 23.9 Å². The van der Waals surface area contributed by atoms with Gasteiger partial charge in [-0.15, -0.1) is 0 Å².